The van der Waals surface area contributed by atoms with E-state index in [9.17, 15) is 9.59 Å². The second-order valence-corrected chi connectivity index (χ2v) is 7.27. The maximum absolute atomic E-state index is 13.2. The molecule has 0 aliphatic heterocycles. The third-order valence-corrected chi connectivity index (χ3v) is 5.10. The molecular formula is C25H23N3O3. The number of hydrogen-bond acceptors (Lipinski definition) is 4. The van der Waals surface area contributed by atoms with Gasteiger partial charge in [-0.05, 0) is 48.9 Å². The summed E-state index contributed by atoms with van der Waals surface area (Å²) in [7, 11) is 0. The largest absolute Gasteiger partial charge is 0.463 e. The molecule has 0 saturated carbocycles. The lowest BCUT2D eigenvalue weighted by Gasteiger charge is -2.16. The molecule has 0 aliphatic carbocycles. The van der Waals surface area contributed by atoms with E-state index in [2.05, 4.69) is 15.6 Å². The van der Waals surface area contributed by atoms with Crippen LogP contribution in [0, 0.1) is 0 Å². The van der Waals surface area contributed by atoms with Crippen molar-refractivity contribution < 1.29 is 14.0 Å². The number of carbonyl (C=O) groups excluding carboxylic acids is 2. The van der Waals surface area contributed by atoms with E-state index >= 15 is 0 Å². The number of pyridine rings is 1. The Hall–Kier alpha value is -3.93. The molecule has 2 aromatic heterocycles. The van der Waals surface area contributed by atoms with Crippen LogP contribution in [0.3, 0.4) is 0 Å². The van der Waals surface area contributed by atoms with Crippen LogP contribution in [0.25, 0.3) is 22.4 Å². The predicted molar refractivity (Wildman–Crippen MR) is 121 cm³/mol. The van der Waals surface area contributed by atoms with Crippen molar-refractivity contribution in [1.82, 2.24) is 10.3 Å². The zero-order valence-electron chi connectivity index (χ0n) is 17.4. The quantitative estimate of drug-likeness (QED) is 0.447. The Bertz CT molecular complexity index is 1210. The van der Waals surface area contributed by atoms with Gasteiger partial charge in [-0.3, -0.25) is 9.59 Å². The minimum absolute atomic E-state index is 0.0361. The van der Waals surface area contributed by atoms with Gasteiger partial charge >= 0.3 is 0 Å². The van der Waals surface area contributed by atoms with E-state index in [4.69, 9.17) is 4.42 Å². The number of aromatic nitrogens is 1. The van der Waals surface area contributed by atoms with Crippen LogP contribution >= 0.6 is 0 Å². The van der Waals surface area contributed by atoms with Crippen molar-refractivity contribution in [3.63, 3.8) is 0 Å². The molecule has 2 aromatic carbocycles. The summed E-state index contributed by atoms with van der Waals surface area (Å²) in [5.41, 5.74) is 3.54. The van der Waals surface area contributed by atoms with Crippen LogP contribution in [0.15, 0.2) is 77.4 Å². The SMILES string of the molecule is CCC(=O)Nc1ccc(C(C)NC(=O)c2cc(-c3ccco3)nc3ccccc23)cc1. The summed E-state index contributed by atoms with van der Waals surface area (Å²) in [6.45, 7) is 3.73. The Morgan fingerprint density at radius 3 is 2.52 bits per heavy atom. The fourth-order valence-corrected chi connectivity index (χ4v) is 3.38. The number of hydrogen-bond donors (Lipinski definition) is 2. The van der Waals surface area contributed by atoms with Crippen LogP contribution in [0.5, 0.6) is 0 Å². The van der Waals surface area contributed by atoms with E-state index in [-0.39, 0.29) is 17.9 Å². The van der Waals surface area contributed by atoms with Gasteiger partial charge in [0, 0.05) is 17.5 Å². The van der Waals surface area contributed by atoms with Gasteiger partial charge in [0.15, 0.2) is 5.76 Å². The molecule has 0 bridgehead atoms. The lowest BCUT2D eigenvalue weighted by atomic mass is 10.0. The summed E-state index contributed by atoms with van der Waals surface area (Å²) < 4.78 is 5.48. The maximum atomic E-state index is 13.2. The Morgan fingerprint density at radius 1 is 1.03 bits per heavy atom. The maximum Gasteiger partial charge on any atom is 0.252 e. The number of rotatable bonds is 6. The first-order chi connectivity index (χ1) is 15.0. The number of nitrogens with one attached hydrogen (secondary N) is 2. The van der Waals surface area contributed by atoms with Crippen LogP contribution in [-0.4, -0.2) is 16.8 Å². The van der Waals surface area contributed by atoms with E-state index in [0.717, 1.165) is 22.2 Å². The molecule has 4 rings (SSSR count). The highest BCUT2D eigenvalue weighted by Crippen LogP contribution is 2.26. The van der Waals surface area contributed by atoms with Crippen LogP contribution in [-0.2, 0) is 4.79 Å². The standard InChI is InChI=1S/C25H23N3O3/c1-3-24(29)27-18-12-10-17(11-13-18)16(2)26-25(30)20-15-22(23-9-6-14-31-23)28-21-8-5-4-7-19(20)21/h4-16H,3H2,1-2H3,(H,26,30)(H,27,29). The molecule has 4 aromatic rings. The first-order valence-electron chi connectivity index (χ1n) is 10.2. The molecule has 2 amide bonds. The Labute approximate surface area is 180 Å². The minimum atomic E-state index is -0.220. The normalized spacial score (nSPS) is 11.8. The topological polar surface area (TPSA) is 84.2 Å². The van der Waals surface area contributed by atoms with Crippen LogP contribution in [0.1, 0.15) is 42.2 Å². The van der Waals surface area contributed by atoms with Crippen molar-refractivity contribution in [1.29, 1.82) is 0 Å². The molecule has 0 aliphatic rings. The van der Waals surface area contributed by atoms with Crippen molar-refractivity contribution in [2.24, 2.45) is 0 Å². The van der Waals surface area contributed by atoms with Crippen molar-refractivity contribution in [3.05, 3.63) is 84.1 Å². The lowest BCUT2D eigenvalue weighted by Crippen LogP contribution is -2.27. The molecule has 2 N–H and O–H groups in total. The molecule has 1 atom stereocenters. The number of anilines is 1. The molecule has 0 radical (unpaired) electrons. The number of fused-ring (bicyclic) bond motifs is 1. The summed E-state index contributed by atoms with van der Waals surface area (Å²) in [6.07, 6.45) is 2.01. The molecular weight excluding hydrogens is 390 g/mol. The van der Waals surface area contributed by atoms with Gasteiger partial charge in [0.1, 0.15) is 5.69 Å². The fourth-order valence-electron chi connectivity index (χ4n) is 3.38. The van der Waals surface area contributed by atoms with Crippen molar-refractivity contribution in [3.8, 4) is 11.5 Å². The van der Waals surface area contributed by atoms with Gasteiger partial charge < -0.3 is 15.1 Å². The summed E-state index contributed by atoms with van der Waals surface area (Å²) in [5, 5.41) is 6.66. The lowest BCUT2D eigenvalue weighted by molar-refractivity contribution is -0.115. The van der Waals surface area contributed by atoms with E-state index in [0.29, 0.717) is 23.4 Å². The van der Waals surface area contributed by atoms with E-state index in [1.54, 1.807) is 25.3 Å². The van der Waals surface area contributed by atoms with Crippen molar-refractivity contribution in [2.75, 3.05) is 5.32 Å². The number of furan rings is 1. The van der Waals surface area contributed by atoms with Crippen LogP contribution in [0.4, 0.5) is 5.69 Å². The van der Waals surface area contributed by atoms with Gasteiger partial charge in [0.05, 0.1) is 23.4 Å². The average molecular weight is 413 g/mol. The van der Waals surface area contributed by atoms with E-state index in [1.165, 1.54) is 0 Å². The minimum Gasteiger partial charge on any atom is -0.463 e. The van der Waals surface area contributed by atoms with Gasteiger partial charge in [0.2, 0.25) is 5.91 Å². The summed E-state index contributed by atoms with van der Waals surface area (Å²) in [6, 6.07) is 20.2. The summed E-state index contributed by atoms with van der Waals surface area (Å²) in [4.78, 5) is 29.4. The molecule has 0 spiro atoms. The van der Waals surface area contributed by atoms with Gasteiger partial charge in [-0.2, -0.15) is 0 Å². The predicted octanol–water partition coefficient (Wildman–Crippen LogP) is 5.33. The van der Waals surface area contributed by atoms with Gasteiger partial charge in [-0.15, -0.1) is 0 Å². The molecule has 31 heavy (non-hydrogen) atoms. The van der Waals surface area contributed by atoms with E-state index < -0.39 is 0 Å². The zero-order valence-corrected chi connectivity index (χ0v) is 17.4. The highest BCUT2D eigenvalue weighted by atomic mass is 16.3. The third kappa shape index (κ3) is 4.48. The van der Waals surface area contributed by atoms with Crippen LogP contribution < -0.4 is 10.6 Å². The Balaban J connectivity index is 1.59. The summed E-state index contributed by atoms with van der Waals surface area (Å²) >= 11 is 0. The monoisotopic (exact) mass is 413 g/mol. The fraction of sp³-hybridized carbons (Fsp3) is 0.160. The molecule has 6 heteroatoms. The van der Waals surface area contributed by atoms with Crippen LogP contribution in [0.2, 0.25) is 0 Å². The van der Waals surface area contributed by atoms with Crippen molar-refractivity contribution in [2.45, 2.75) is 26.3 Å². The Kier molecular flexibility index (Phi) is 5.80. The highest BCUT2D eigenvalue weighted by Gasteiger charge is 2.17. The highest BCUT2D eigenvalue weighted by molar-refractivity contribution is 6.07. The van der Waals surface area contributed by atoms with E-state index in [1.807, 2.05) is 61.5 Å². The molecule has 0 fully saturated rings. The first-order valence-corrected chi connectivity index (χ1v) is 10.2. The molecule has 156 valence electrons. The smallest absolute Gasteiger partial charge is 0.252 e. The molecule has 6 nitrogen and oxygen atoms in total. The number of carbonyl (C=O) groups is 2. The molecule has 2 heterocycles. The molecule has 0 saturated heterocycles. The Morgan fingerprint density at radius 2 is 1.81 bits per heavy atom. The number of nitrogens with zero attached hydrogens (tertiary/aromatic N) is 1. The number of amides is 2. The van der Waals surface area contributed by atoms with Gasteiger partial charge in [-0.25, -0.2) is 4.98 Å². The third-order valence-electron chi connectivity index (χ3n) is 5.10. The number of para-hydroxylation sites is 1. The van der Waals surface area contributed by atoms with Gasteiger partial charge in [0.25, 0.3) is 5.91 Å². The van der Waals surface area contributed by atoms with Crippen molar-refractivity contribution >= 4 is 28.4 Å². The molecule has 1 unspecified atom stereocenters. The zero-order chi connectivity index (χ0) is 21.8. The summed E-state index contributed by atoms with van der Waals surface area (Å²) in [5.74, 6) is 0.380. The number of benzene rings is 2. The first kappa shape index (κ1) is 20.3. The second kappa shape index (κ2) is 8.83. The second-order valence-electron chi connectivity index (χ2n) is 7.27. The van der Waals surface area contributed by atoms with Gasteiger partial charge in [-0.1, -0.05) is 37.3 Å². The average Bonchev–Trinajstić information content (AvgIpc) is 3.33.